The third kappa shape index (κ3) is 3.83. The van der Waals surface area contributed by atoms with Gasteiger partial charge in [0.2, 0.25) is 5.91 Å². The number of hydrogen-bond donors (Lipinski definition) is 2. The van der Waals surface area contributed by atoms with E-state index in [1.807, 2.05) is 11.0 Å². The number of benzene rings is 2. The van der Waals surface area contributed by atoms with Crippen LogP contribution in [0.5, 0.6) is 0 Å². The van der Waals surface area contributed by atoms with E-state index in [2.05, 4.69) is 15.0 Å². The smallest absolute Gasteiger partial charge is 0.227 e. The number of imidazole rings is 1. The Morgan fingerprint density at radius 2 is 2.00 bits per heavy atom. The van der Waals surface area contributed by atoms with Gasteiger partial charge in [0, 0.05) is 29.2 Å². The Hall–Kier alpha value is -3.48. The van der Waals surface area contributed by atoms with Crippen LogP contribution in [-0.4, -0.2) is 32.3 Å². The van der Waals surface area contributed by atoms with Crippen LogP contribution in [-0.2, 0) is 11.2 Å². The second-order valence-electron chi connectivity index (χ2n) is 7.97. The Labute approximate surface area is 178 Å². The molecule has 1 amide bonds. The predicted octanol–water partition coefficient (Wildman–Crippen LogP) is 5.13. The Bertz CT molecular complexity index is 1250. The van der Waals surface area contributed by atoms with Crippen molar-refractivity contribution in [3.63, 3.8) is 0 Å². The molecule has 0 saturated carbocycles. The lowest BCUT2D eigenvalue weighted by molar-refractivity contribution is -0.134. The predicted molar refractivity (Wildman–Crippen MR) is 114 cm³/mol. The number of carbonyl (C=O) groups is 1. The molecule has 4 aromatic rings. The zero-order valence-electron chi connectivity index (χ0n) is 16.9. The van der Waals surface area contributed by atoms with Gasteiger partial charge in [-0.25, -0.2) is 13.8 Å². The minimum absolute atomic E-state index is 0.0152. The minimum atomic E-state index is -0.322. The van der Waals surface area contributed by atoms with E-state index in [0.717, 1.165) is 41.4 Å². The van der Waals surface area contributed by atoms with Crippen LogP contribution in [0.25, 0.3) is 22.2 Å². The molecule has 1 aliphatic rings. The van der Waals surface area contributed by atoms with E-state index in [-0.39, 0.29) is 30.0 Å². The molecule has 31 heavy (non-hydrogen) atoms. The van der Waals surface area contributed by atoms with Crippen molar-refractivity contribution in [2.45, 2.75) is 31.7 Å². The fourth-order valence-corrected chi connectivity index (χ4v) is 4.38. The van der Waals surface area contributed by atoms with Crippen molar-refractivity contribution >= 4 is 16.8 Å². The second kappa shape index (κ2) is 7.98. The van der Waals surface area contributed by atoms with Crippen LogP contribution in [0, 0.1) is 11.6 Å². The molecule has 1 saturated heterocycles. The number of nitrogens with one attached hydrogen (secondary N) is 2. The molecular weight excluding hydrogens is 398 g/mol. The first-order chi connectivity index (χ1) is 15.1. The molecule has 1 aliphatic heterocycles. The van der Waals surface area contributed by atoms with E-state index < -0.39 is 0 Å². The van der Waals surface area contributed by atoms with E-state index in [9.17, 15) is 13.6 Å². The molecule has 5 nitrogen and oxygen atoms in total. The van der Waals surface area contributed by atoms with E-state index in [1.165, 1.54) is 24.3 Å². The number of amides is 1. The van der Waals surface area contributed by atoms with Crippen LogP contribution in [0.4, 0.5) is 8.78 Å². The number of rotatable bonds is 4. The zero-order valence-corrected chi connectivity index (χ0v) is 16.9. The van der Waals surface area contributed by atoms with Crippen LogP contribution in [0.3, 0.4) is 0 Å². The van der Waals surface area contributed by atoms with Crippen molar-refractivity contribution < 1.29 is 13.6 Å². The molecule has 3 heterocycles. The maximum atomic E-state index is 13.7. The van der Waals surface area contributed by atoms with Crippen molar-refractivity contribution in [2.24, 2.45) is 0 Å². The molecule has 7 heteroatoms. The third-order valence-corrected chi connectivity index (χ3v) is 5.94. The summed E-state index contributed by atoms with van der Waals surface area (Å²) in [5.41, 5.74) is 3.03. The van der Waals surface area contributed by atoms with Gasteiger partial charge in [-0.05, 0) is 55.2 Å². The van der Waals surface area contributed by atoms with Gasteiger partial charge in [-0.2, -0.15) is 0 Å². The molecule has 2 aromatic heterocycles. The number of halogens is 2. The average molecular weight is 420 g/mol. The number of aromatic nitrogens is 3. The summed E-state index contributed by atoms with van der Waals surface area (Å²) in [6, 6.07) is 10.7. The lowest BCUT2D eigenvalue weighted by atomic mass is 10.00. The van der Waals surface area contributed by atoms with Gasteiger partial charge in [-0.3, -0.25) is 4.79 Å². The standard InChI is InChI=1S/C24H22F2N4O/c25-17-5-3-4-15(10-17)21-14-28-24(29-21)22-6-1-2-9-30(22)23(31)11-16-13-27-20-8-7-18(26)12-19(16)20/h3-5,7-8,10,12-14,22,27H,1-2,6,9,11H2,(H,28,29). The van der Waals surface area contributed by atoms with Gasteiger partial charge < -0.3 is 14.9 Å². The quantitative estimate of drug-likeness (QED) is 0.481. The Morgan fingerprint density at radius 1 is 1.13 bits per heavy atom. The highest BCUT2D eigenvalue weighted by atomic mass is 19.1. The third-order valence-electron chi connectivity index (χ3n) is 5.94. The van der Waals surface area contributed by atoms with Crippen molar-refractivity contribution in [1.82, 2.24) is 19.9 Å². The van der Waals surface area contributed by atoms with Crippen LogP contribution < -0.4 is 0 Å². The molecule has 158 valence electrons. The van der Waals surface area contributed by atoms with E-state index in [1.54, 1.807) is 24.5 Å². The first-order valence-electron chi connectivity index (χ1n) is 10.4. The fourth-order valence-electron chi connectivity index (χ4n) is 4.38. The Kier molecular flexibility index (Phi) is 5.02. The number of piperidine rings is 1. The summed E-state index contributed by atoms with van der Waals surface area (Å²) in [5, 5.41) is 0.730. The summed E-state index contributed by atoms with van der Waals surface area (Å²) >= 11 is 0. The van der Waals surface area contributed by atoms with E-state index >= 15 is 0 Å². The molecule has 1 fully saturated rings. The number of fused-ring (bicyclic) bond motifs is 1. The molecule has 0 bridgehead atoms. The van der Waals surface area contributed by atoms with Crippen LogP contribution in [0.15, 0.2) is 54.9 Å². The molecule has 0 radical (unpaired) electrons. The molecule has 1 atom stereocenters. The molecule has 5 rings (SSSR count). The normalized spacial score (nSPS) is 16.7. The number of carbonyl (C=O) groups excluding carboxylic acids is 1. The van der Waals surface area contributed by atoms with Gasteiger partial charge in [0.25, 0.3) is 0 Å². The highest BCUT2D eigenvalue weighted by molar-refractivity contribution is 5.89. The summed E-state index contributed by atoms with van der Waals surface area (Å²) in [6.07, 6.45) is 6.40. The number of hydrogen-bond acceptors (Lipinski definition) is 2. The molecule has 1 unspecified atom stereocenters. The summed E-state index contributed by atoms with van der Waals surface area (Å²) in [5.74, 6) is 0.0613. The van der Waals surface area contributed by atoms with Crippen LogP contribution >= 0.6 is 0 Å². The van der Waals surface area contributed by atoms with Gasteiger partial charge in [0.1, 0.15) is 17.5 Å². The second-order valence-corrected chi connectivity index (χ2v) is 7.97. The lowest BCUT2D eigenvalue weighted by Gasteiger charge is -2.34. The lowest BCUT2D eigenvalue weighted by Crippen LogP contribution is -2.39. The molecule has 2 N–H and O–H groups in total. The van der Waals surface area contributed by atoms with Gasteiger partial charge in [-0.15, -0.1) is 0 Å². The van der Waals surface area contributed by atoms with E-state index in [0.29, 0.717) is 17.9 Å². The minimum Gasteiger partial charge on any atom is -0.361 e. The topological polar surface area (TPSA) is 64.8 Å². The zero-order chi connectivity index (χ0) is 21.4. The van der Waals surface area contributed by atoms with Gasteiger partial charge in [0.05, 0.1) is 24.4 Å². The fraction of sp³-hybridized carbons (Fsp3) is 0.250. The first kappa shape index (κ1) is 19.5. The van der Waals surface area contributed by atoms with Crippen molar-refractivity contribution in [1.29, 1.82) is 0 Å². The van der Waals surface area contributed by atoms with Crippen molar-refractivity contribution in [2.75, 3.05) is 6.54 Å². The van der Waals surface area contributed by atoms with Gasteiger partial charge in [-0.1, -0.05) is 12.1 Å². The van der Waals surface area contributed by atoms with Gasteiger partial charge in [0.15, 0.2) is 0 Å². The molecule has 2 aromatic carbocycles. The summed E-state index contributed by atoms with van der Waals surface area (Å²) < 4.78 is 27.3. The number of nitrogens with zero attached hydrogens (tertiary/aromatic N) is 2. The number of aromatic amines is 2. The monoisotopic (exact) mass is 420 g/mol. The summed E-state index contributed by atoms with van der Waals surface area (Å²) in [4.78, 5) is 26.0. The average Bonchev–Trinajstić information content (AvgIpc) is 3.41. The molecular formula is C24H22F2N4O. The van der Waals surface area contributed by atoms with Crippen molar-refractivity contribution in [3.05, 3.63) is 77.9 Å². The largest absolute Gasteiger partial charge is 0.361 e. The summed E-state index contributed by atoms with van der Waals surface area (Å²) in [6.45, 7) is 0.649. The highest BCUT2D eigenvalue weighted by Gasteiger charge is 2.30. The number of H-pyrrole nitrogens is 2. The maximum Gasteiger partial charge on any atom is 0.227 e. The van der Waals surface area contributed by atoms with Crippen molar-refractivity contribution in [3.8, 4) is 11.3 Å². The first-order valence-corrected chi connectivity index (χ1v) is 10.4. The maximum absolute atomic E-state index is 13.7. The molecule has 0 spiro atoms. The number of likely N-dealkylation sites (tertiary alicyclic amines) is 1. The SMILES string of the molecule is O=C(Cc1c[nH]c2ccc(F)cc12)N1CCCCC1c1ncc(-c2cccc(F)c2)[nH]1. The van der Waals surface area contributed by atoms with Crippen LogP contribution in [0.1, 0.15) is 36.7 Å². The van der Waals surface area contributed by atoms with Crippen LogP contribution in [0.2, 0.25) is 0 Å². The van der Waals surface area contributed by atoms with E-state index in [4.69, 9.17) is 0 Å². The summed E-state index contributed by atoms with van der Waals surface area (Å²) in [7, 11) is 0. The Morgan fingerprint density at radius 3 is 2.87 bits per heavy atom. The molecule has 0 aliphatic carbocycles. The highest BCUT2D eigenvalue weighted by Crippen LogP contribution is 2.32. The van der Waals surface area contributed by atoms with Gasteiger partial charge >= 0.3 is 0 Å². The Balaban J connectivity index is 1.39.